The van der Waals surface area contributed by atoms with E-state index in [0.29, 0.717) is 35.3 Å². The van der Waals surface area contributed by atoms with Crippen molar-refractivity contribution in [3.63, 3.8) is 0 Å². The minimum atomic E-state index is -3.94. The number of likely N-dealkylation sites (tertiary alicyclic amines) is 1. The molecule has 1 aliphatic heterocycles. The van der Waals surface area contributed by atoms with Gasteiger partial charge in [-0.3, -0.25) is 9.52 Å². The van der Waals surface area contributed by atoms with E-state index >= 15 is 0 Å². The number of methoxy groups -OCH3 is 1. The molecule has 0 bridgehead atoms. The van der Waals surface area contributed by atoms with Crippen molar-refractivity contribution >= 4 is 53.6 Å². The summed E-state index contributed by atoms with van der Waals surface area (Å²) in [6.45, 7) is 1.32. The second-order valence-electron chi connectivity index (χ2n) is 7.50. The van der Waals surface area contributed by atoms with Crippen molar-refractivity contribution in [2.45, 2.75) is 24.2 Å². The second kappa shape index (κ2) is 8.06. The molecular formula is C21H20N4O5S2. The van der Waals surface area contributed by atoms with Crippen molar-refractivity contribution in [1.29, 1.82) is 0 Å². The van der Waals surface area contributed by atoms with Crippen LogP contribution in [0.25, 0.3) is 21.2 Å². The zero-order chi connectivity index (χ0) is 22.3. The Balaban J connectivity index is 1.46. The zero-order valence-electron chi connectivity index (χ0n) is 17.2. The fourth-order valence-electron chi connectivity index (χ4n) is 3.74. The molecular weight excluding hydrogens is 452 g/mol. The normalized spacial score (nSPS) is 14.7. The smallest absolute Gasteiger partial charge is 0.276 e. The molecule has 1 aliphatic rings. The highest BCUT2D eigenvalue weighted by molar-refractivity contribution is 7.93. The molecule has 4 aromatic rings. The van der Waals surface area contributed by atoms with Gasteiger partial charge < -0.3 is 14.2 Å². The number of hydrogen-bond donors (Lipinski definition) is 1. The number of hydrogen-bond acceptors (Lipinski definition) is 8. The lowest BCUT2D eigenvalue weighted by molar-refractivity contribution is 0.0716. The topological polar surface area (TPSA) is 115 Å². The molecule has 2 aromatic heterocycles. The van der Waals surface area contributed by atoms with E-state index in [-0.39, 0.29) is 21.6 Å². The van der Waals surface area contributed by atoms with Crippen molar-refractivity contribution in [3.05, 3.63) is 42.1 Å². The van der Waals surface area contributed by atoms with Gasteiger partial charge in [0.2, 0.25) is 0 Å². The summed E-state index contributed by atoms with van der Waals surface area (Å²) in [6.07, 6.45) is 2.98. The fourth-order valence-corrected chi connectivity index (χ4v) is 5.89. The van der Waals surface area contributed by atoms with Crippen LogP contribution in [0.4, 0.5) is 5.13 Å². The van der Waals surface area contributed by atoms with Crippen LogP contribution in [-0.2, 0) is 10.0 Å². The van der Waals surface area contributed by atoms with Crippen molar-refractivity contribution in [3.8, 4) is 5.75 Å². The van der Waals surface area contributed by atoms with Crippen LogP contribution in [0.15, 0.2) is 45.8 Å². The average molecular weight is 473 g/mol. The maximum Gasteiger partial charge on any atom is 0.276 e. The maximum atomic E-state index is 13.0. The van der Waals surface area contributed by atoms with E-state index in [2.05, 4.69) is 14.9 Å². The van der Waals surface area contributed by atoms with Crippen molar-refractivity contribution < 1.29 is 22.5 Å². The summed E-state index contributed by atoms with van der Waals surface area (Å²) in [5.41, 5.74) is 1.15. The number of nitrogens with one attached hydrogen (secondary N) is 1. The highest BCUT2D eigenvalue weighted by Crippen LogP contribution is 2.31. The standard InChI is InChI=1S/C21H20N4O5S2/c1-29-13-5-7-16-18(11-13)31-21(22-16)24-32(27,28)14-6-8-17-15(12-14)19(23-30-17)20(26)25-9-3-2-4-10-25/h5-8,11-12H,2-4,9-10H2,1H3,(H,22,24). The van der Waals surface area contributed by atoms with Gasteiger partial charge in [-0.05, 0) is 55.7 Å². The Labute approximate surface area is 188 Å². The van der Waals surface area contributed by atoms with Crippen LogP contribution in [0, 0.1) is 0 Å². The van der Waals surface area contributed by atoms with Gasteiger partial charge >= 0.3 is 0 Å². The van der Waals surface area contributed by atoms with Crippen LogP contribution in [0.5, 0.6) is 5.75 Å². The van der Waals surface area contributed by atoms with Gasteiger partial charge in [0.05, 0.1) is 27.6 Å². The molecule has 2 aromatic carbocycles. The number of nitrogens with zero attached hydrogens (tertiary/aromatic N) is 3. The first-order valence-corrected chi connectivity index (χ1v) is 12.4. The third-order valence-corrected chi connectivity index (χ3v) is 7.81. The van der Waals surface area contributed by atoms with Gasteiger partial charge in [-0.2, -0.15) is 0 Å². The number of ether oxygens (including phenoxy) is 1. The molecule has 166 valence electrons. The Bertz CT molecular complexity index is 1420. The molecule has 3 heterocycles. The maximum absolute atomic E-state index is 13.0. The van der Waals surface area contributed by atoms with Crippen molar-refractivity contribution in [1.82, 2.24) is 15.0 Å². The van der Waals surface area contributed by atoms with Gasteiger partial charge in [-0.1, -0.05) is 16.5 Å². The summed E-state index contributed by atoms with van der Waals surface area (Å²) in [6, 6.07) is 9.67. The van der Waals surface area contributed by atoms with E-state index in [9.17, 15) is 13.2 Å². The molecule has 5 rings (SSSR count). The lowest BCUT2D eigenvalue weighted by Gasteiger charge is -2.25. The molecule has 1 fully saturated rings. The van der Waals surface area contributed by atoms with Gasteiger partial charge in [0.15, 0.2) is 16.4 Å². The third kappa shape index (κ3) is 3.78. The number of piperidine rings is 1. The Morgan fingerprint density at radius 3 is 2.75 bits per heavy atom. The minimum absolute atomic E-state index is 0.00210. The van der Waals surface area contributed by atoms with Gasteiger partial charge in [0.25, 0.3) is 15.9 Å². The molecule has 32 heavy (non-hydrogen) atoms. The number of rotatable bonds is 5. The predicted octanol–water partition coefficient (Wildman–Crippen LogP) is 3.87. The first-order valence-electron chi connectivity index (χ1n) is 10.1. The van der Waals surface area contributed by atoms with Crippen molar-refractivity contribution in [2.24, 2.45) is 0 Å². The summed E-state index contributed by atoms with van der Waals surface area (Å²) in [5, 5.41) is 4.53. The molecule has 0 radical (unpaired) electrons. The first-order chi connectivity index (χ1) is 15.4. The number of carbonyl (C=O) groups is 1. The Kier molecular flexibility index (Phi) is 5.22. The van der Waals surface area contributed by atoms with E-state index in [1.54, 1.807) is 30.2 Å². The molecule has 11 heteroatoms. The molecule has 0 aliphatic carbocycles. The number of carbonyl (C=O) groups excluding carboxylic acids is 1. The molecule has 0 spiro atoms. The van der Waals surface area contributed by atoms with Gasteiger partial charge in [-0.15, -0.1) is 0 Å². The van der Waals surface area contributed by atoms with Crippen LogP contribution in [-0.4, -0.2) is 49.6 Å². The van der Waals surface area contributed by atoms with Gasteiger partial charge in [-0.25, -0.2) is 13.4 Å². The zero-order valence-corrected chi connectivity index (χ0v) is 18.8. The summed E-state index contributed by atoms with van der Waals surface area (Å²) in [5.74, 6) is 0.422. The van der Waals surface area contributed by atoms with Crippen molar-refractivity contribution in [2.75, 3.05) is 24.9 Å². The Morgan fingerprint density at radius 1 is 1.16 bits per heavy atom. The molecule has 1 amide bonds. The number of aromatic nitrogens is 2. The van der Waals surface area contributed by atoms with Crippen LogP contribution < -0.4 is 9.46 Å². The van der Waals surface area contributed by atoms with Crippen LogP contribution in [0.1, 0.15) is 29.8 Å². The number of benzene rings is 2. The lowest BCUT2D eigenvalue weighted by Crippen LogP contribution is -2.35. The highest BCUT2D eigenvalue weighted by Gasteiger charge is 2.25. The van der Waals surface area contributed by atoms with E-state index in [1.807, 2.05) is 0 Å². The largest absolute Gasteiger partial charge is 0.497 e. The summed E-state index contributed by atoms with van der Waals surface area (Å²) >= 11 is 1.21. The molecule has 1 N–H and O–H groups in total. The summed E-state index contributed by atoms with van der Waals surface area (Å²) < 4.78 is 39.9. The molecule has 0 unspecified atom stereocenters. The number of thiazole rings is 1. The van der Waals surface area contributed by atoms with E-state index < -0.39 is 10.0 Å². The number of fused-ring (bicyclic) bond motifs is 2. The Hall–Kier alpha value is -3.18. The summed E-state index contributed by atoms with van der Waals surface area (Å²) in [7, 11) is -2.37. The number of sulfonamides is 1. The number of anilines is 1. The van der Waals surface area contributed by atoms with Gasteiger partial charge in [0.1, 0.15) is 5.75 Å². The van der Waals surface area contributed by atoms with E-state index in [0.717, 1.165) is 24.0 Å². The SMILES string of the molecule is COc1ccc2nc(NS(=O)(=O)c3ccc4onc(C(=O)N5CCCCC5)c4c3)sc2c1. The molecule has 0 saturated carbocycles. The van der Waals surface area contributed by atoms with Crippen LogP contribution in [0.2, 0.25) is 0 Å². The average Bonchev–Trinajstić information content (AvgIpc) is 3.41. The van der Waals surface area contributed by atoms with E-state index in [1.165, 1.54) is 29.5 Å². The highest BCUT2D eigenvalue weighted by atomic mass is 32.2. The molecule has 0 atom stereocenters. The second-order valence-corrected chi connectivity index (χ2v) is 10.2. The first kappa shape index (κ1) is 20.7. The van der Waals surface area contributed by atoms with Crippen LogP contribution in [0.3, 0.4) is 0 Å². The predicted molar refractivity (Wildman–Crippen MR) is 121 cm³/mol. The van der Waals surface area contributed by atoms with Gasteiger partial charge in [0, 0.05) is 13.1 Å². The summed E-state index contributed by atoms with van der Waals surface area (Å²) in [4.78, 5) is 19.0. The monoisotopic (exact) mass is 472 g/mol. The van der Waals surface area contributed by atoms with Crippen LogP contribution >= 0.6 is 11.3 Å². The fraction of sp³-hybridized carbons (Fsp3) is 0.286. The third-order valence-electron chi connectivity index (χ3n) is 5.41. The van der Waals surface area contributed by atoms with E-state index in [4.69, 9.17) is 9.26 Å². The number of amides is 1. The quantitative estimate of drug-likeness (QED) is 0.469. The molecule has 1 saturated heterocycles. The molecule has 9 nitrogen and oxygen atoms in total. The Morgan fingerprint density at radius 2 is 1.97 bits per heavy atom. The lowest BCUT2D eigenvalue weighted by atomic mass is 10.1. The minimum Gasteiger partial charge on any atom is -0.497 e.